The molecule has 0 aromatic heterocycles. The third-order valence-corrected chi connectivity index (χ3v) is 4.38. The number of rotatable bonds is 4. The van der Waals surface area contributed by atoms with Crippen molar-refractivity contribution in [1.29, 1.82) is 0 Å². The van der Waals surface area contributed by atoms with E-state index in [1.54, 1.807) is 6.07 Å². The molecular formula is C15H14BrFN2OS. The van der Waals surface area contributed by atoms with Gasteiger partial charge in [0.1, 0.15) is 5.82 Å². The molecule has 0 aliphatic heterocycles. The number of thioether (sulfide) groups is 1. The number of anilines is 2. The standard InChI is InChI=1S/C15H14BrFN2OS/c1-9-6-10(16)2-4-13(9)19-15(20)8-21-14-5-3-11(17)7-12(14)18/h2-7H,8,18H2,1H3,(H,19,20). The molecule has 6 heteroatoms. The molecule has 0 aliphatic rings. The van der Waals surface area contributed by atoms with E-state index < -0.39 is 0 Å². The Morgan fingerprint density at radius 2 is 2.10 bits per heavy atom. The highest BCUT2D eigenvalue weighted by atomic mass is 79.9. The lowest BCUT2D eigenvalue weighted by Crippen LogP contribution is -2.14. The number of halogens is 2. The van der Waals surface area contributed by atoms with Crippen molar-refractivity contribution in [2.75, 3.05) is 16.8 Å². The van der Waals surface area contributed by atoms with Crippen LogP contribution >= 0.6 is 27.7 Å². The number of nitrogen functional groups attached to an aromatic ring is 1. The molecule has 2 aromatic carbocycles. The Kier molecular flexibility index (Phi) is 5.25. The smallest absolute Gasteiger partial charge is 0.234 e. The number of nitrogens with two attached hydrogens (primary N) is 1. The van der Waals surface area contributed by atoms with Gasteiger partial charge in [0.15, 0.2) is 0 Å². The van der Waals surface area contributed by atoms with Crippen molar-refractivity contribution in [3.8, 4) is 0 Å². The first-order valence-electron chi connectivity index (χ1n) is 6.19. The van der Waals surface area contributed by atoms with Crippen molar-refractivity contribution in [1.82, 2.24) is 0 Å². The first kappa shape index (κ1) is 15.9. The molecule has 0 aliphatic carbocycles. The second-order valence-electron chi connectivity index (χ2n) is 4.48. The zero-order chi connectivity index (χ0) is 15.4. The number of nitrogens with one attached hydrogen (secondary N) is 1. The minimum Gasteiger partial charge on any atom is -0.398 e. The monoisotopic (exact) mass is 368 g/mol. The van der Waals surface area contributed by atoms with Crippen LogP contribution in [0.3, 0.4) is 0 Å². The van der Waals surface area contributed by atoms with Crippen LogP contribution in [0.2, 0.25) is 0 Å². The number of carbonyl (C=O) groups excluding carboxylic acids is 1. The van der Waals surface area contributed by atoms with Crippen LogP contribution in [-0.2, 0) is 4.79 Å². The molecule has 2 rings (SSSR count). The highest BCUT2D eigenvalue weighted by molar-refractivity contribution is 9.10. The molecule has 1 amide bonds. The van der Waals surface area contributed by atoms with Crippen LogP contribution in [-0.4, -0.2) is 11.7 Å². The second-order valence-corrected chi connectivity index (χ2v) is 6.41. The van der Waals surface area contributed by atoms with Gasteiger partial charge in [0, 0.05) is 20.7 Å². The molecule has 0 radical (unpaired) electrons. The molecule has 0 fully saturated rings. The summed E-state index contributed by atoms with van der Waals surface area (Å²) in [5.74, 6) is -0.299. The van der Waals surface area contributed by atoms with E-state index >= 15 is 0 Å². The number of hydrogen-bond donors (Lipinski definition) is 2. The Hall–Kier alpha value is -1.53. The zero-order valence-corrected chi connectivity index (χ0v) is 13.7. The molecule has 0 unspecified atom stereocenters. The summed E-state index contributed by atoms with van der Waals surface area (Å²) in [6, 6.07) is 9.80. The Morgan fingerprint density at radius 3 is 2.76 bits per heavy atom. The third-order valence-electron chi connectivity index (χ3n) is 2.79. The molecule has 0 atom stereocenters. The molecule has 0 saturated carbocycles. The fraction of sp³-hybridized carbons (Fsp3) is 0.133. The van der Waals surface area contributed by atoms with E-state index in [2.05, 4.69) is 21.2 Å². The molecule has 0 bridgehead atoms. The molecule has 21 heavy (non-hydrogen) atoms. The average molecular weight is 369 g/mol. The molecule has 110 valence electrons. The molecule has 3 nitrogen and oxygen atoms in total. The summed E-state index contributed by atoms with van der Waals surface area (Å²) in [5.41, 5.74) is 7.79. The van der Waals surface area contributed by atoms with Crippen molar-refractivity contribution in [2.24, 2.45) is 0 Å². The van der Waals surface area contributed by atoms with Crippen molar-refractivity contribution in [3.63, 3.8) is 0 Å². The predicted octanol–water partition coefficient (Wildman–Crippen LogP) is 4.21. The van der Waals surface area contributed by atoms with E-state index in [1.807, 2.05) is 25.1 Å². The van der Waals surface area contributed by atoms with Gasteiger partial charge in [-0.25, -0.2) is 4.39 Å². The molecule has 2 aromatic rings. The largest absolute Gasteiger partial charge is 0.398 e. The first-order valence-corrected chi connectivity index (χ1v) is 7.97. The van der Waals surface area contributed by atoms with Crippen molar-refractivity contribution in [2.45, 2.75) is 11.8 Å². The van der Waals surface area contributed by atoms with Gasteiger partial charge in [0.05, 0.1) is 5.75 Å². The molecule has 0 heterocycles. The van der Waals surface area contributed by atoms with Gasteiger partial charge in [-0.05, 0) is 48.9 Å². The summed E-state index contributed by atoms with van der Waals surface area (Å²) in [5, 5.41) is 2.84. The maximum atomic E-state index is 12.9. The topological polar surface area (TPSA) is 55.1 Å². The van der Waals surface area contributed by atoms with Crippen LogP contribution < -0.4 is 11.1 Å². The van der Waals surface area contributed by atoms with Crippen molar-refractivity contribution in [3.05, 3.63) is 52.3 Å². The van der Waals surface area contributed by atoms with Gasteiger partial charge in [-0.15, -0.1) is 11.8 Å². The maximum Gasteiger partial charge on any atom is 0.234 e. The molecular weight excluding hydrogens is 355 g/mol. The number of aryl methyl sites for hydroxylation is 1. The second kappa shape index (κ2) is 6.95. The van der Waals surface area contributed by atoms with Gasteiger partial charge < -0.3 is 11.1 Å². The highest BCUT2D eigenvalue weighted by Gasteiger charge is 2.08. The van der Waals surface area contributed by atoms with Crippen molar-refractivity contribution < 1.29 is 9.18 Å². The van der Waals surface area contributed by atoms with Crippen LogP contribution in [0.25, 0.3) is 0 Å². The van der Waals surface area contributed by atoms with E-state index in [1.165, 1.54) is 23.9 Å². The number of carbonyl (C=O) groups is 1. The first-order chi connectivity index (χ1) is 9.95. The van der Waals surface area contributed by atoms with Gasteiger partial charge in [0.25, 0.3) is 0 Å². The highest BCUT2D eigenvalue weighted by Crippen LogP contribution is 2.26. The van der Waals surface area contributed by atoms with E-state index in [0.717, 1.165) is 15.7 Å². The minimum atomic E-state index is -0.383. The Balaban J connectivity index is 1.96. The van der Waals surface area contributed by atoms with Gasteiger partial charge in [-0.2, -0.15) is 0 Å². The van der Waals surface area contributed by atoms with Crippen LogP contribution in [0.4, 0.5) is 15.8 Å². The van der Waals surface area contributed by atoms with E-state index in [-0.39, 0.29) is 17.5 Å². The Bertz CT molecular complexity index is 679. The molecule has 0 spiro atoms. The van der Waals surface area contributed by atoms with Crippen LogP contribution in [0, 0.1) is 12.7 Å². The lowest BCUT2D eigenvalue weighted by atomic mass is 10.2. The lowest BCUT2D eigenvalue weighted by molar-refractivity contribution is -0.113. The Labute approximate surface area is 135 Å². The Morgan fingerprint density at radius 1 is 1.33 bits per heavy atom. The zero-order valence-electron chi connectivity index (χ0n) is 11.3. The fourth-order valence-corrected chi connectivity index (χ4v) is 2.97. The van der Waals surface area contributed by atoms with E-state index in [9.17, 15) is 9.18 Å². The SMILES string of the molecule is Cc1cc(Br)ccc1NC(=O)CSc1ccc(F)cc1N. The number of amides is 1. The maximum absolute atomic E-state index is 12.9. The summed E-state index contributed by atoms with van der Waals surface area (Å²) in [4.78, 5) is 12.6. The van der Waals surface area contributed by atoms with Crippen LogP contribution in [0.1, 0.15) is 5.56 Å². The third kappa shape index (κ3) is 4.47. The lowest BCUT2D eigenvalue weighted by Gasteiger charge is -2.09. The molecule has 0 saturated heterocycles. The van der Waals surface area contributed by atoms with Gasteiger partial charge in [0.2, 0.25) is 5.91 Å². The van der Waals surface area contributed by atoms with Crippen LogP contribution in [0.15, 0.2) is 45.8 Å². The van der Waals surface area contributed by atoms with E-state index in [4.69, 9.17) is 5.73 Å². The predicted molar refractivity (Wildman–Crippen MR) is 89.0 cm³/mol. The minimum absolute atomic E-state index is 0.130. The summed E-state index contributed by atoms with van der Waals surface area (Å²) < 4.78 is 13.9. The molecule has 3 N–H and O–H groups in total. The number of benzene rings is 2. The van der Waals surface area contributed by atoms with Gasteiger partial charge in [-0.3, -0.25) is 4.79 Å². The summed E-state index contributed by atoms with van der Waals surface area (Å²) in [6.45, 7) is 1.92. The van der Waals surface area contributed by atoms with Crippen LogP contribution in [0.5, 0.6) is 0 Å². The van der Waals surface area contributed by atoms with Crippen molar-refractivity contribution >= 4 is 45.0 Å². The average Bonchev–Trinajstić information content (AvgIpc) is 2.41. The summed E-state index contributed by atoms with van der Waals surface area (Å²) in [6.07, 6.45) is 0. The number of hydrogen-bond acceptors (Lipinski definition) is 3. The van der Waals surface area contributed by atoms with Gasteiger partial charge >= 0.3 is 0 Å². The summed E-state index contributed by atoms with van der Waals surface area (Å²) >= 11 is 4.66. The van der Waals surface area contributed by atoms with E-state index in [0.29, 0.717) is 10.6 Å². The fourth-order valence-electron chi connectivity index (χ4n) is 1.75. The summed E-state index contributed by atoms with van der Waals surface area (Å²) in [7, 11) is 0. The van der Waals surface area contributed by atoms with Gasteiger partial charge in [-0.1, -0.05) is 15.9 Å². The normalized spacial score (nSPS) is 10.4. The quantitative estimate of drug-likeness (QED) is 0.627.